The summed E-state index contributed by atoms with van der Waals surface area (Å²) in [5, 5.41) is 8.96. The third kappa shape index (κ3) is 5.50. The maximum Gasteiger partial charge on any atom is 0.0884 e. The van der Waals surface area contributed by atoms with Gasteiger partial charge in [0.25, 0.3) is 0 Å². The molecule has 0 aliphatic carbocycles. The van der Waals surface area contributed by atoms with Crippen molar-refractivity contribution in [3.05, 3.63) is 0 Å². The maximum atomic E-state index is 8.96. The molecule has 2 heteroatoms. The van der Waals surface area contributed by atoms with Crippen LogP contribution in [0.4, 0.5) is 0 Å². The average Bonchev–Trinajstić information content (AvgIpc) is 1.83. The van der Waals surface area contributed by atoms with E-state index in [9.17, 15) is 0 Å². The fourth-order valence-electron chi connectivity index (χ4n) is 0.377. The molecule has 0 radical (unpaired) electrons. The summed E-state index contributed by atoms with van der Waals surface area (Å²) in [5.74, 6) is 0. The van der Waals surface area contributed by atoms with E-state index in [2.05, 4.69) is 4.99 Å². The van der Waals surface area contributed by atoms with E-state index >= 15 is 0 Å². The lowest BCUT2D eigenvalue weighted by Crippen LogP contribution is -2.06. The first kappa shape index (κ1) is 8.63. The topological polar surface area (TPSA) is 32.6 Å². The molecule has 0 rings (SSSR count). The van der Waals surface area contributed by atoms with Crippen LogP contribution < -0.4 is 0 Å². The molecular weight excluding hydrogens is 114 g/mol. The smallest absolute Gasteiger partial charge is 0.0884 e. The van der Waals surface area contributed by atoms with Crippen LogP contribution in [0.3, 0.4) is 0 Å². The fourth-order valence-corrected chi connectivity index (χ4v) is 0.377. The molecule has 1 atom stereocenters. The number of nitrogens with zero attached hydrogens (tertiary/aromatic N) is 1. The van der Waals surface area contributed by atoms with Crippen LogP contribution in [-0.4, -0.2) is 23.5 Å². The summed E-state index contributed by atoms with van der Waals surface area (Å²) in [6.07, 6.45) is 1.99. The third-order valence-corrected chi connectivity index (χ3v) is 0.975. The zero-order valence-corrected chi connectivity index (χ0v) is 6.33. The zero-order chi connectivity index (χ0) is 7.28. The molecule has 1 N–H and O–H groups in total. The summed E-state index contributed by atoms with van der Waals surface area (Å²) < 4.78 is 0. The van der Waals surface area contributed by atoms with E-state index in [0.29, 0.717) is 6.04 Å². The van der Waals surface area contributed by atoms with Crippen molar-refractivity contribution in [2.24, 2.45) is 4.99 Å². The lowest BCUT2D eigenvalue weighted by atomic mass is 10.3. The fraction of sp³-hybridized carbons (Fsp3) is 0.857. The summed E-state index contributed by atoms with van der Waals surface area (Å²) in [6, 6.07) is 0.297. The van der Waals surface area contributed by atoms with Gasteiger partial charge in [-0.3, -0.25) is 4.99 Å². The van der Waals surface area contributed by atoms with Gasteiger partial charge in [-0.25, -0.2) is 0 Å². The molecule has 0 aliphatic heterocycles. The van der Waals surface area contributed by atoms with Gasteiger partial charge in [-0.05, 0) is 20.3 Å². The number of rotatable bonds is 3. The molecule has 54 valence electrons. The number of aliphatic hydroxyl groups excluding tert-OH is 1. The molecule has 0 saturated heterocycles. The zero-order valence-electron chi connectivity index (χ0n) is 6.33. The third-order valence-electron chi connectivity index (χ3n) is 0.975. The first-order valence-electron chi connectivity index (χ1n) is 3.38. The Morgan fingerprint density at radius 3 is 2.44 bits per heavy atom. The van der Waals surface area contributed by atoms with Gasteiger partial charge in [0, 0.05) is 12.3 Å². The summed E-state index contributed by atoms with van der Waals surface area (Å²) in [4.78, 5) is 4.02. The van der Waals surface area contributed by atoms with Crippen molar-refractivity contribution in [1.82, 2.24) is 0 Å². The van der Waals surface area contributed by atoms with E-state index < -0.39 is 0 Å². The van der Waals surface area contributed by atoms with Gasteiger partial charge < -0.3 is 5.11 Å². The molecule has 0 aliphatic rings. The van der Waals surface area contributed by atoms with Gasteiger partial charge in [0.1, 0.15) is 0 Å². The predicted octanol–water partition coefficient (Wildman–Crippen LogP) is 1.24. The minimum absolute atomic E-state index is 0.297. The van der Waals surface area contributed by atoms with Gasteiger partial charge in [-0.2, -0.15) is 0 Å². The lowest BCUT2D eigenvalue weighted by molar-refractivity contribution is 0.241. The molecule has 9 heavy (non-hydrogen) atoms. The predicted molar refractivity (Wildman–Crippen MR) is 39.9 cm³/mol. The molecule has 0 spiro atoms. The van der Waals surface area contributed by atoms with E-state index in [0.717, 1.165) is 6.42 Å². The first-order chi connectivity index (χ1) is 4.16. The van der Waals surface area contributed by atoms with Crippen LogP contribution in [0.25, 0.3) is 0 Å². The Labute approximate surface area is 56.6 Å². The SMILES string of the molecule is CCC(O)C=NC(C)C. The second-order valence-corrected chi connectivity index (χ2v) is 2.37. The number of hydrogen-bond acceptors (Lipinski definition) is 2. The minimum atomic E-state index is -0.354. The average molecular weight is 129 g/mol. The van der Waals surface area contributed by atoms with E-state index in [1.807, 2.05) is 20.8 Å². The Hall–Kier alpha value is -0.370. The van der Waals surface area contributed by atoms with Crippen molar-refractivity contribution in [3.8, 4) is 0 Å². The quantitative estimate of drug-likeness (QED) is 0.571. The summed E-state index contributed by atoms with van der Waals surface area (Å²) in [7, 11) is 0. The molecule has 2 nitrogen and oxygen atoms in total. The standard InChI is InChI=1S/C7H15NO/c1-4-7(9)5-8-6(2)3/h5-7,9H,4H2,1-3H3. The highest BCUT2D eigenvalue weighted by Crippen LogP contribution is 1.88. The molecule has 0 amide bonds. The van der Waals surface area contributed by atoms with Crippen LogP contribution in [0.15, 0.2) is 4.99 Å². The minimum Gasteiger partial charge on any atom is -0.387 e. The normalized spacial score (nSPS) is 15.2. The number of aliphatic imine (C=N–C) groups is 1. The van der Waals surface area contributed by atoms with E-state index in [4.69, 9.17) is 5.11 Å². The monoisotopic (exact) mass is 129 g/mol. The molecule has 1 unspecified atom stereocenters. The summed E-state index contributed by atoms with van der Waals surface area (Å²) in [6.45, 7) is 5.90. The van der Waals surface area contributed by atoms with Crippen molar-refractivity contribution < 1.29 is 5.11 Å². The molecule has 0 saturated carbocycles. The molecule has 0 heterocycles. The lowest BCUT2D eigenvalue weighted by Gasteiger charge is -1.99. The molecule has 0 aromatic carbocycles. The molecule has 0 bridgehead atoms. The van der Waals surface area contributed by atoms with Gasteiger partial charge in [0.05, 0.1) is 6.10 Å². The van der Waals surface area contributed by atoms with Gasteiger partial charge in [-0.1, -0.05) is 6.92 Å². The number of aliphatic hydroxyl groups is 1. The van der Waals surface area contributed by atoms with Crippen molar-refractivity contribution in [2.75, 3.05) is 0 Å². The van der Waals surface area contributed by atoms with Gasteiger partial charge in [0.2, 0.25) is 0 Å². The molecule has 0 aromatic heterocycles. The van der Waals surface area contributed by atoms with Crippen molar-refractivity contribution in [1.29, 1.82) is 0 Å². The molecular formula is C7H15NO. The highest BCUT2D eigenvalue weighted by molar-refractivity contribution is 5.62. The van der Waals surface area contributed by atoms with Crippen molar-refractivity contribution >= 4 is 6.21 Å². The summed E-state index contributed by atoms with van der Waals surface area (Å²) in [5.41, 5.74) is 0. The van der Waals surface area contributed by atoms with Crippen LogP contribution in [-0.2, 0) is 0 Å². The maximum absolute atomic E-state index is 8.96. The largest absolute Gasteiger partial charge is 0.387 e. The Kier molecular flexibility index (Phi) is 4.32. The highest BCUT2D eigenvalue weighted by atomic mass is 16.3. The highest BCUT2D eigenvalue weighted by Gasteiger charge is 1.93. The van der Waals surface area contributed by atoms with Crippen molar-refractivity contribution in [3.63, 3.8) is 0 Å². The molecule has 0 fully saturated rings. The van der Waals surface area contributed by atoms with E-state index in [1.165, 1.54) is 0 Å². The first-order valence-corrected chi connectivity index (χ1v) is 3.38. The van der Waals surface area contributed by atoms with Crippen LogP contribution in [0.2, 0.25) is 0 Å². The van der Waals surface area contributed by atoms with Crippen LogP contribution >= 0.6 is 0 Å². The second kappa shape index (κ2) is 4.50. The Morgan fingerprint density at radius 1 is 1.56 bits per heavy atom. The Bertz CT molecular complexity index is 88.9. The number of hydrogen-bond donors (Lipinski definition) is 1. The van der Waals surface area contributed by atoms with Gasteiger partial charge >= 0.3 is 0 Å². The van der Waals surface area contributed by atoms with Gasteiger partial charge in [-0.15, -0.1) is 0 Å². The molecule has 0 aromatic rings. The second-order valence-electron chi connectivity index (χ2n) is 2.37. The summed E-state index contributed by atoms with van der Waals surface area (Å²) >= 11 is 0. The van der Waals surface area contributed by atoms with Crippen LogP contribution in [0.1, 0.15) is 27.2 Å². The van der Waals surface area contributed by atoms with Crippen molar-refractivity contribution in [2.45, 2.75) is 39.3 Å². The van der Waals surface area contributed by atoms with Crippen LogP contribution in [0, 0.1) is 0 Å². The van der Waals surface area contributed by atoms with E-state index in [-0.39, 0.29) is 6.10 Å². The van der Waals surface area contributed by atoms with Crippen LogP contribution in [0.5, 0.6) is 0 Å². The Morgan fingerprint density at radius 2 is 2.11 bits per heavy atom. The van der Waals surface area contributed by atoms with E-state index in [1.54, 1.807) is 6.21 Å². The van der Waals surface area contributed by atoms with Gasteiger partial charge in [0.15, 0.2) is 0 Å². The Balaban J connectivity index is 3.43.